The summed E-state index contributed by atoms with van der Waals surface area (Å²) in [5.74, 6) is 0.190. The minimum atomic E-state index is -0.541. The highest BCUT2D eigenvalue weighted by Gasteiger charge is 2.34. The summed E-state index contributed by atoms with van der Waals surface area (Å²) in [5.41, 5.74) is 6.74. The van der Waals surface area contributed by atoms with Crippen molar-refractivity contribution in [3.63, 3.8) is 0 Å². The van der Waals surface area contributed by atoms with E-state index in [-0.39, 0.29) is 41.7 Å². The third-order valence-corrected chi connectivity index (χ3v) is 5.47. The minimum absolute atomic E-state index is 0. The average molecular weight is 472 g/mol. The van der Waals surface area contributed by atoms with Gasteiger partial charge >= 0.3 is 0 Å². The van der Waals surface area contributed by atoms with Crippen LogP contribution in [0.4, 0.5) is 4.39 Å². The van der Waals surface area contributed by atoms with E-state index < -0.39 is 5.82 Å². The molecule has 31 heavy (non-hydrogen) atoms. The van der Waals surface area contributed by atoms with Gasteiger partial charge in [-0.1, -0.05) is 19.1 Å². The Balaban J connectivity index is 0.00000240. The number of halogens is 3. The van der Waals surface area contributed by atoms with Gasteiger partial charge in [0.2, 0.25) is 0 Å². The fourth-order valence-corrected chi connectivity index (χ4v) is 4.01. The van der Waals surface area contributed by atoms with Crippen molar-refractivity contribution in [1.82, 2.24) is 9.80 Å². The average Bonchev–Trinajstić information content (AvgIpc) is 3.02. The Bertz CT molecular complexity index is 866. The number of nitrogens with two attached hydrogens (primary N) is 1. The van der Waals surface area contributed by atoms with E-state index in [4.69, 9.17) is 10.5 Å². The molecular formula is C23H32Cl2FN3O2. The topological polar surface area (TPSA) is 58.8 Å². The van der Waals surface area contributed by atoms with Crippen LogP contribution < -0.4 is 10.5 Å². The molecule has 1 atom stereocenters. The molecule has 1 heterocycles. The summed E-state index contributed by atoms with van der Waals surface area (Å²) in [6.07, 6.45) is 1.82. The lowest BCUT2D eigenvalue weighted by molar-refractivity contribution is 0.0725. The Morgan fingerprint density at radius 1 is 1.19 bits per heavy atom. The first-order valence-electron chi connectivity index (χ1n) is 10.00. The van der Waals surface area contributed by atoms with Gasteiger partial charge in [0, 0.05) is 20.1 Å². The second kappa shape index (κ2) is 11.7. The molecule has 0 spiro atoms. The summed E-state index contributed by atoms with van der Waals surface area (Å²) < 4.78 is 20.2. The lowest BCUT2D eigenvalue weighted by Crippen LogP contribution is -2.39. The lowest BCUT2D eigenvalue weighted by Gasteiger charge is -2.30. The van der Waals surface area contributed by atoms with Gasteiger partial charge < -0.3 is 20.3 Å². The highest BCUT2D eigenvalue weighted by Crippen LogP contribution is 2.31. The molecule has 2 aromatic rings. The maximum absolute atomic E-state index is 14.4. The number of hydrogen-bond donors (Lipinski definition) is 1. The van der Waals surface area contributed by atoms with Crippen molar-refractivity contribution in [2.45, 2.75) is 19.8 Å². The zero-order chi connectivity index (χ0) is 21.0. The molecule has 1 unspecified atom stereocenters. The number of ether oxygens (including phenoxy) is 1. The molecule has 0 saturated carbocycles. The molecule has 1 aliphatic rings. The van der Waals surface area contributed by atoms with Crippen LogP contribution in [0, 0.1) is 11.2 Å². The van der Waals surface area contributed by atoms with Gasteiger partial charge in [0.1, 0.15) is 17.3 Å². The summed E-state index contributed by atoms with van der Waals surface area (Å²) in [6, 6.07) is 11.9. The van der Waals surface area contributed by atoms with Crippen molar-refractivity contribution in [1.29, 1.82) is 0 Å². The number of hydrogen-bond acceptors (Lipinski definition) is 4. The van der Waals surface area contributed by atoms with Crippen LogP contribution in [0.3, 0.4) is 0 Å². The zero-order valence-corrected chi connectivity index (χ0v) is 19.9. The standard InChI is InChI=1S/C23H30FN3O2.2ClH/c1-23(11-13-26(2)15-23)16-27(3)22(28)20-14-19(8-9-21(20)24)29-18-6-4-17(5-7-18)10-12-25;;/h4-9,14H,10-13,15-16,25H2,1-3H3;2*1H. The first-order chi connectivity index (χ1) is 13.8. The van der Waals surface area contributed by atoms with Gasteiger partial charge in [0.25, 0.3) is 5.91 Å². The third-order valence-electron chi connectivity index (χ3n) is 5.47. The molecule has 2 N–H and O–H groups in total. The molecule has 0 aliphatic carbocycles. The van der Waals surface area contributed by atoms with Crippen molar-refractivity contribution >= 4 is 30.7 Å². The first-order valence-corrected chi connectivity index (χ1v) is 10.00. The van der Waals surface area contributed by atoms with Crippen molar-refractivity contribution < 1.29 is 13.9 Å². The van der Waals surface area contributed by atoms with E-state index >= 15 is 0 Å². The minimum Gasteiger partial charge on any atom is -0.457 e. The number of amides is 1. The van der Waals surface area contributed by atoms with E-state index in [1.165, 1.54) is 18.2 Å². The summed E-state index contributed by atoms with van der Waals surface area (Å²) in [7, 11) is 3.81. The Morgan fingerprint density at radius 3 is 2.42 bits per heavy atom. The molecule has 0 bridgehead atoms. The normalized spacial score (nSPS) is 18.1. The van der Waals surface area contributed by atoms with Crippen LogP contribution in [-0.2, 0) is 6.42 Å². The predicted octanol–water partition coefficient (Wildman–Crippen LogP) is 4.38. The Morgan fingerprint density at radius 2 is 1.84 bits per heavy atom. The van der Waals surface area contributed by atoms with Crippen LogP contribution >= 0.6 is 24.8 Å². The molecule has 1 aliphatic heterocycles. The third kappa shape index (κ3) is 7.07. The van der Waals surface area contributed by atoms with Crippen LogP contribution in [0.2, 0.25) is 0 Å². The van der Waals surface area contributed by atoms with E-state index in [9.17, 15) is 9.18 Å². The fourth-order valence-electron chi connectivity index (χ4n) is 4.01. The van der Waals surface area contributed by atoms with Crippen molar-refractivity contribution in [3.8, 4) is 11.5 Å². The van der Waals surface area contributed by atoms with Gasteiger partial charge in [-0.25, -0.2) is 4.39 Å². The summed E-state index contributed by atoms with van der Waals surface area (Å²) >= 11 is 0. The molecule has 1 amide bonds. The number of likely N-dealkylation sites (tertiary alicyclic amines) is 1. The highest BCUT2D eigenvalue weighted by molar-refractivity contribution is 5.94. The van der Waals surface area contributed by atoms with Crippen molar-refractivity contribution in [2.24, 2.45) is 11.1 Å². The van der Waals surface area contributed by atoms with Crippen LogP contribution in [-0.4, -0.2) is 56.0 Å². The Kier molecular flexibility index (Phi) is 10.2. The number of nitrogens with zero attached hydrogens (tertiary/aromatic N) is 2. The smallest absolute Gasteiger partial charge is 0.256 e. The fraction of sp³-hybridized carbons (Fsp3) is 0.435. The van der Waals surface area contributed by atoms with Gasteiger partial charge in [-0.05, 0) is 74.3 Å². The Hall–Kier alpha value is -1.86. The SMILES string of the molecule is CN1CCC(C)(CN(C)C(=O)c2cc(Oc3ccc(CCN)cc3)ccc2F)C1.Cl.Cl. The number of carbonyl (C=O) groups excluding carboxylic acids is 1. The number of rotatable bonds is 7. The zero-order valence-electron chi connectivity index (χ0n) is 18.3. The maximum atomic E-state index is 14.4. The molecule has 172 valence electrons. The van der Waals surface area contributed by atoms with E-state index in [1.807, 2.05) is 24.3 Å². The van der Waals surface area contributed by atoms with Gasteiger partial charge in [0.15, 0.2) is 0 Å². The second-order valence-corrected chi connectivity index (χ2v) is 8.39. The van der Waals surface area contributed by atoms with E-state index in [0.29, 0.717) is 24.6 Å². The summed E-state index contributed by atoms with van der Waals surface area (Å²) in [6.45, 7) is 5.29. The molecule has 1 fully saturated rings. The summed E-state index contributed by atoms with van der Waals surface area (Å²) in [5, 5.41) is 0. The monoisotopic (exact) mass is 471 g/mol. The Labute approximate surface area is 196 Å². The van der Waals surface area contributed by atoms with Crippen LogP contribution in [0.1, 0.15) is 29.3 Å². The molecule has 2 aromatic carbocycles. The van der Waals surface area contributed by atoms with E-state index in [2.05, 4.69) is 18.9 Å². The van der Waals surface area contributed by atoms with Gasteiger partial charge in [-0.15, -0.1) is 24.8 Å². The quantitative estimate of drug-likeness (QED) is 0.650. The molecular weight excluding hydrogens is 440 g/mol. The molecule has 3 rings (SSSR count). The van der Waals surface area contributed by atoms with Crippen LogP contribution in [0.25, 0.3) is 0 Å². The molecule has 0 radical (unpaired) electrons. The molecule has 1 saturated heterocycles. The highest BCUT2D eigenvalue weighted by atomic mass is 35.5. The van der Waals surface area contributed by atoms with Crippen LogP contribution in [0.5, 0.6) is 11.5 Å². The molecule has 0 aromatic heterocycles. The van der Waals surface area contributed by atoms with Gasteiger partial charge in [-0.3, -0.25) is 4.79 Å². The maximum Gasteiger partial charge on any atom is 0.256 e. The van der Waals surface area contributed by atoms with E-state index in [0.717, 1.165) is 31.5 Å². The predicted molar refractivity (Wildman–Crippen MR) is 127 cm³/mol. The molecule has 8 heteroatoms. The first kappa shape index (κ1) is 27.2. The number of benzene rings is 2. The van der Waals surface area contributed by atoms with Gasteiger partial charge in [0.05, 0.1) is 5.56 Å². The van der Waals surface area contributed by atoms with E-state index in [1.54, 1.807) is 11.9 Å². The van der Waals surface area contributed by atoms with Crippen molar-refractivity contribution in [2.75, 3.05) is 40.3 Å². The van der Waals surface area contributed by atoms with Gasteiger partial charge in [-0.2, -0.15) is 0 Å². The number of carbonyl (C=O) groups is 1. The second-order valence-electron chi connectivity index (χ2n) is 8.39. The molecule has 5 nitrogen and oxygen atoms in total. The largest absolute Gasteiger partial charge is 0.457 e. The van der Waals surface area contributed by atoms with Crippen molar-refractivity contribution in [3.05, 3.63) is 59.4 Å². The van der Waals surface area contributed by atoms with Crippen LogP contribution in [0.15, 0.2) is 42.5 Å². The lowest BCUT2D eigenvalue weighted by atomic mass is 9.89. The summed E-state index contributed by atoms with van der Waals surface area (Å²) in [4.78, 5) is 16.8.